The lowest BCUT2D eigenvalue weighted by Crippen LogP contribution is -2.82. The third-order valence-corrected chi connectivity index (χ3v) is 10.5. The lowest BCUT2D eigenvalue weighted by Gasteiger charge is -2.67. The van der Waals surface area contributed by atoms with Crippen molar-refractivity contribution in [3.8, 4) is 0 Å². The zero-order chi connectivity index (χ0) is 32.6. The molecule has 2 saturated carbocycles. The highest BCUT2D eigenvalue weighted by molar-refractivity contribution is 5.95. The maximum absolute atomic E-state index is 15.0. The number of hydrogen-bond donors (Lipinski definition) is 3. The number of ether oxygens (including phenoxy) is 4. The minimum Gasteiger partial charge on any atom is -0.455 e. The number of esters is 2. The zero-order valence-electron chi connectivity index (χ0n) is 26.0. The SMILES string of the molecule is CC(=O)O[C@@]12CO[C@@H]1C[C@H](O)[C@@]1(C)C(=O)[C@H](OC(=O)N(C)C)C3=C(C)[C@@H](O)C[C@@](O)([C@@H](OC(=O)c4ccccc4)[C@H]21)C3(C)C. The third-order valence-electron chi connectivity index (χ3n) is 10.5. The molecule has 12 heteroatoms. The van der Waals surface area contributed by atoms with Crippen molar-refractivity contribution in [3.05, 3.63) is 47.0 Å². The predicted octanol–water partition coefficient (Wildman–Crippen LogP) is 1.79. The molecule has 0 aromatic heterocycles. The fraction of sp³-hybridized carbons (Fsp3) is 0.625. The molecule has 3 fully saturated rings. The van der Waals surface area contributed by atoms with E-state index < -0.39 is 82.3 Å². The second-order valence-corrected chi connectivity index (χ2v) is 13.4. The van der Waals surface area contributed by atoms with Gasteiger partial charge < -0.3 is 39.2 Å². The molecule has 0 radical (unpaired) electrons. The molecule has 3 N–H and O–H groups in total. The van der Waals surface area contributed by atoms with Gasteiger partial charge >= 0.3 is 18.0 Å². The summed E-state index contributed by atoms with van der Waals surface area (Å²) < 4.78 is 23.8. The molecule has 1 aromatic carbocycles. The van der Waals surface area contributed by atoms with Crippen LogP contribution < -0.4 is 0 Å². The van der Waals surface area contributed by atoms with Gasteiger partial charge in [0.2, 0.25) is 0 Å². The molecular weight excluding hydrogens is 574 g/mol. The molecule has 3 aliphatic carbocycles. The van der Waals surface area contributed by atoms with E-state index in [0.29, 0.717) is 5.57 Å². The van der Waals surface area contributed by atoms with Crippen LogP contribution in [0, 0.1) is 16.7 Å². The summed E-state index contributed by atoms with van der Waals surface area (Å²) in [5.74, 6) is -3.68. The fourth-order valence-electron chi connectivity index (χ4n) is 7.95. The van der Waals surface area contributed by atoms with Gasteiger partial charge in [-0.1, -0.05) is 32.0 Å². The first-order chi connectivity index (χ1) is 20.4. The van der Waals surface area contributed by atoms with E-state index in [0.717, 1.165) is 4.90 Å². The van der Waals surface area contributed by atoms with Crippen molar-refractivity contribution in [2.75, 3.05) is 20.7 Å². The molecule has 1 saturated heterocycles. The number of aliphatic hydroxyl groups is 3. The summed E-state index contributed by atoms with van der Waals surface area (Å²) in [5, 5.41) is 36.1. The number of rotatable bonds is 4. The molecule has 0 spiro atoms. The topological polar surface area (TPSA) is 169 Å². The molecular formula is C32H41NO11. The molecule has 1 aromatic rings. The second-order valence-electron chi connectivity index (χ2n) is 13.4. The first-order valence-electron chi connectivity index (χ1n) is 14.7. The average molecular weight is 616 g/mol. The van der Waals surface area contributed by atoms with Crippen LogP contribution in [-0.4, -0.2) is 106 Å². The Morgan fingerprint density at radius 3 is 2.23 bits per heavy atom. The van der Waals surface area contributed by atoms with Crippen LogP contribution >= 0.6 is 0 Å². The van der Waals surface area contributed by atoms with Gasteiger partial charge in [0.25, 0.3) is 0 Å². The van der Waals surface area contributed by atoms with Gasteiger partial charge in [0.1, 0.15) is 17.8 Å². The minimum absolute atomic E-state index is 0.123. The van der Waals surface area contributed by atoms with Crippen LogP contribution in [0.3, 0.4) is 0 Å². The predicted molar refractivity (Wildman–Crippen MR) is 153 cm³/mol. The highest BCUT2D eigenvalue weighted by atomic mass is 16.6. The molecule has 1 amide bonds. The maximum Gasteiger partial charge on any atom is 0.410 e. The molecule has 9 atom stereocenters. The number of benzene rings is 1. The monoisotopic (exact) mass is 615 g/mol. The molecule has 4 aliphatic rings. The highest BCUT2D eigenvalue weighted by Gasteiger charge is 2.78. The number of amides is 1. The van der Waals surface area contributed by atoms with Gasteiger partial charge in [0, 0.05) is 39.3 Å². The summed E-state index contributed by atoms with van der Waals surface area (Å²) in [7, 11) is 2.89. The summed E-state index contributed by atoms with van der Waals surface area (Å²) in [6, 6.07) is 8.05. The van der Waals surface area contributed by atoms with E-state index in [2.05, 4.69) is 0 Å². The number of nitrogens with zero attached hydrogens (tertiary/aromatic N) is 1. The van der Waals surface area contributed by atoms with Crippen LogP contribution in [0.1, 0.15) is 57.8 Å². The molecule has 1 heterocycles. The smallest absolute Gasteiger partial charge is 0.410 e. The van der Waals surface area contributed by atoms with Crippen molar-refractivity contribution < 1.29 is 53.4 Å². The van der Waals surface area contributed by atoms with Gasteiger partial charge in [-0.15, -0.1) is 0 Å². The quantitative estimate of drug-likeness (QED) is 0.256. The van der Waals surface area contributed by atoms with Gasteiger partial charge in [-0.3, -0.25) is 9.59 Å². The van der Waals surface area contributed by atoms with Crippen molar-refractivity contribution in [1.29, 1.82) is 0 Å². The number of carbonyl (C=O) groups excluding carboxylic acids is 4. The van der Waals surface area contributed by atoms with Gasteiger partial charge in [-0.05, 0) is 37.1 Å². The summed E-state index contributed by atoms with van der Waals surface area (Å²) >= 11 is 0. The van der Waals surface area contributed by atoms with Crippen LogP contribution in [0.4, 0.5) is 4.79 Å². The number of hydrogen-bond acceptors (Lipinski definition) is 11. The van der Waals surface area contributed by atoms with E-state index in [1.54, 1.807) is 39.0 Å². The van der Waals surface area contributed by atoms with Gasteiger partial charge in [-0.2, -0.15) is 0 Å². The summed E-state index contributed by atoms with van der Waals surface area (Å²) in [6.45, 7) is 7.27. The number of Topliss-reactive ketones (excluding diaryl/α,β-unsaturated/α-hetero) is 1. The van der Waals surface area contributed by atoms with Crippen LogP contribution in [0.25, 0.3) is 0 Å². The van der Waals surface area contributed by atoms with E-state index in [1.807, 2.05) is 0 Å². The van der Waals surface area contributed by atoms with Crippen molar-refractivity contribution in [2.45, 2.75) is 89.2 Å². The van der Waals surface area contributed by atoms with E-state index in [4.69, 9.17) is 18.9 Å². The molecule has 0 unspecified atom stereocenters. The van der Waals surface area contributed by atoms with Crippen LogP contribution in [-0.2, 0) is 28.5 Å². The molecule has 2 bridgehead atoms. The van der Waals surface area contributed by atoms with Crippen molar-refractivity contribution in [3.63, 3.8) is 0 Å². The first-order valence-corrected chi connectivity index (χ1v) is 14.7. The number of carbonyl (C=O) groups is 4. The Labute approximate surface area is 255 Å². The standard InChI is InChI=1S/C32H41NO11/c1-16-19(35)14-32(40)26(43-27(38)18-11-9-8-10-12-18)24-30(5,20(36)13-21-31(24,15-41-21)44-17(2)34)25(37)23(22(16)29(32,3)4)42-28(39)33(6)7/h8-12,19-21,23-24,26,35-36,40H,13-15H2,1-7H3/t19-,20-,21+,23+,24-,26-,30+,31-,32+/m0/s1. The van der Waals surface area contributed by atoms with Gasteiger partial charge in [0.05, 0.1) is 35.7 Å². The van der Waals surface area contributed by atoms with E-state index >= 15 is 0 Å². The Balaban J connectivity index is 1.83. The van der Waals surface area contributed by atoms with E-state index in [1.165, 1.54) is 40.1 Å². The third kappa shape index (κ3) is 4.40. The largest absolute Gasteiger partial charge is 0.455 e. The van der Waals surface area contributed by atoms with Crippen molar-refractivity contribution in [1.82, 2.24) is 4.90 Å². The van der Waals surface area contributed by atoms with Crippen molar-refractivity contribution in [2.24, 2.45) is 16.7 Å². The van der Waals surface area contributed by atoms with E-state index in [9.17, 15) is 34.5 Å². The molecule has 44 heavy (non-hydrogen) atoms. The number of ketones is 1. The van der Waals surface area contributed by atoms with Crippen LogP contribution in [0.5, 0.6) is 0 Å². The van der Waals surface area contributed by atoms with Crippen molar-refractivity contribution >= 4 is 23.8 Å². The molecule has 12 nitrogen and oxygen atoms in total. The molecule has 1 aliphatic heterocycles. The Morgan fingerprint density at radius 1 is 1.05 bits per heavy atom. The van der Waals surface area contributed by atoms with E-state index in [-0.39, 0.29) is 30.6 Å². The second kappa shape index (κ2) is 10.6. The van der Waals surface area contributed by atoms with Crippen LogP contribution in [0.2, 0.25) is 0 Å². The number of aliphatic hydroxyl groups excluding tert-OH is 2. The summed E-state index contributed by atoms with van der Waals surface area (Å²) in [4.78, 5) is 55.5. The first kappa shape index (κ1) is 32.1. The fourth-order valence-corrected chi connectivity index (χ4v) is 7.95. The zero-order valence-corrected chi connectivity index (χ0v) is 26.0. The highest BCUT2D eigenvalue weighted by Crippen LogP contribution is 2.64. The Hall–Kier alpha value is -3.32. The maximum atomic E-state index is 15.0. The summed E-state index contributed by atoms with van der Waals surface area (Å²) in [6.07, 6.45) is -8.28. The normalized spacial score (nSPS) is 39.0. The lowest BCUT2D eigenvalue weighted by atomic mass is 9.44. The number of fused-ring (bicyclic) bond motifs is 5. The average Bonchev–Trinajstić information content (AvgIpc) is 2.95. The lowest BCUT2D eigenvalue weighted by molar-refractivity contribution is -0.345. The molecule has 5 rings (SSSR count). The Morgan fingerprint density at radius 2 is 1.68 bits per heavy atom. The Bertz CT molecular complexity index is 1410. The van der Waals surface area contributed by atoms with Crippen LogP contribution in [0.15, 0.2) is 41.5 Å². The van der Waals surface area contributed by atoms with Gasteiger partial charge in [-0.25, -0.2) is 9.59 Å². The molecule has 240 valence electrons. The van der Waals surface area contributed by atoms with Gasteiger partial charge in [0.15, 0.2) is 17.5 Å². The Kier molecular flexibility index (Phi) is 7.76. The minimum atomic E-state index is -2.13. The summed E-state index contributed by atoms with van der Waals surface area (Å²) in [5.41, 5.74) is -6.52.